The summed E-state index contributed by atoms with van der Waals surface area (Å²) in [5, 5.41) is 0. The van der Waals surface area contributed by atoms with Gasteiger partial charge in [-0.25, -0.2) is 9.38 Å². The van der Waals surface area contributed by atoms with Crippen LogP contribution in [0.5, 0.6) is 0 Å². The van der Waals surface area contributed by atoms with E-state index in [0.717, 1.165) is 16.7 Å². The van der Waals surface area contributed by atoms with Crippen molar-refractivity contribution in [3.05, 3.63) is 46.4 Å². The molecule has 4 heteroatoms. The van der Waals surface area contributed by atoms with Crippen molar-refractivity contribution in [2.75, 3.05) is 0 Å². The SMILES string of the molecule is Cc1cc(=O)n2c3ccccc3nc2n1C. The van der Waals surface area contributed by atoms with Gasteiger partial charge in [0.25, 0.3) is 5.56 Å². The number of nitrogens with zero attached hydrogens (tertiary/aromatic N) is 3. The zero-order valence-electron chi connectivity index (χ0n) is 9.14. The van der Waals surface area contributed by atoms with Gasteiger partial charge in [-0.1, -0.05) is 12.1 Å². The van der Waals surface area contributed by atoms with Gasteiger partial charge in [0, 0.05) is 18.8 Å². The number of rotatable bonds is 0. The Labute approximate surface area is 91.8 Å². The molecular weight excluding hydrogens is 202 g/mol. The lowest BCUT2D eigenvalue weighted by Gasteiger charge is -2.04. The molecular formula is C12H11N3O. The van der Waals surface area contributed by atoms with Gasteiger partial charge in [-0.3, -0.25) is 4.79 Å². The Balaban J connectivity index is 2.70. The Morgan fingerprint density at radius 3 is 2.81 bits per heavy atom. The van der Waals surface area contributed by atoms with Gasteiger partial charge in [0.05, 0.1) is 11.0 Å². The molecule has 0 unspecified atom stereocenters. The normalized spacial score (nSPS) is 11.4. The standard InChI is InChI=1S/C12H11N3O/c1-8-7-11(16)15-10-6-4-3-5-9(10)13-12(15)14(8)2/h3-7H,1-2H3. The summed E-state index contributed by atoms with van der Waals surface area (Å²) in [4.78, 5) is 16.4. The Morgan fingerprint density at radius 2 is 2.00 bits per heavy atom. The van der Waals surface area contributed by atoms with Gasteiger partial charge in [-0.05, 0) is 19.1 Å². The van der Waals surface area contributed by atoms with Crippen molar-refractivity contribution < 1.29 is 0 Å². The summed E-state index contributed by atoms with van der Waals surface area (Å²) >= 11 is 0. The molecule has 80 valence electrons. The largest absolute Gasteiger partial charge is 0.319 e. The third kappa shape index (κ3) is 1.04. The van der Waals surface area contributed by atoms with Crippen molar-refractivity contribution in [1.29, 1.82) is 0 Å². The molecule has 0 aliphatic heterocycles. The molecule has 0 N–H and O–H groups in total. The fourth-order valence-corrected chi connectivity index (χ4v) is 1.95. The Bertz CT molecular complexity index is 752. The molecule has 0 spiro atoms. The minimum atomic E-state index is -0.0284. The Hall–Kier alpha value is -2.10. The maximum absolute atomic E-state index is 11.9. The van der Waals surface area contributed by atoms with E-state index in [9.17, 15) is 4.79 Å². The molecule has 2 heterocycles. The van der Waals surface area contributed by atoms with Crippen LogP contribution in [0.1, 0.15) is 5.69 Å². The first-order valence-corrected chi connectivity index (χ1v) is 5.12. The van der Waals surface area contributed by atoms with Crippen LogP contribution in [0.3, 0.4) is 0 Å². The monoisotopic (exact) mass is 213 g/mol. The first-order valence-electron chi connectivity index (χ1n) is 5.12. The van der Waals surface area contributed by atoms with Crippen LogP contribution < -0.4 is 5.56 Å². The van der Waals surface area contributed by atoms with Crippen LogP contribution in [0.15, 0.2) is 35.1 Å². The molecule has 16 heavy (non-hydrogen) atoms. The second kappa shape index (κ2) is 2.95. The van der Waals surface area contributed by atoms with Gasteiger partial charge in [0.2, 0.25) is 5.78 Å². The van der Waals surface area contributed by atoms with E-state index in [0.29, 0.717) is 5.78 Å². The van der Waals surface area contributed by atoms with Crippen LogP contribution in [0.2, 0.25) is 0 Å². The van der Waals surface area contributed by atoms with Gasteiger partial charge in [0.1, 0.15) is 0 Å². The first kappa shape index (κ1) is 9.15. The average molecular weight is 213 g/mol. The van der Waals surface area contributed by atoms with Crippen LogP contribution >= 0.6 is 0 Å². The molecule has 3 rings (SSSR count). The van der Waals surface area contributed by atoms with Crippen LogP contribution in [-0.4, -0.2) is 14.0 Å². The van der Waals surface area contributed by atoms with E-state index in [-0.39, 0.29) is 5.56 Å². The predicted octanol–water partition coefficient (Wildman–Crippen LogP) is 1.49. The van der Waals surface area contributed by atoms with Crippen LogP contribution in [0.25, 0.3) is 16.8 Å². The van der Waals surface area contributed by atoms with E-state index in [1.165, 1.54) is 0 Å². The van der Waals surface area contributed by atoms with Crippen molar-refractivity contribution in [2.45, 2.75) is 6.92 Å². The number of aromatic nitrogens is 3. The highest BCUT2D eigenvalue weighted by molar-refractivity contribution is 5.79. The summed E-state index contributed by atoms with van der Waals surface area (Å²) in [5.41, 5.74) is 2.59. The molecule has 0 aliphatic rings. The van der Waals surface area contributed by atoms with Crippen molar-refractivity contribution in [2.24, 2.45) is 7.05 Å². The fraction of sp³-hybridized carbons (Fsp3) is 0.167. The molecule has 3 aromatic rings. The highest BCUT2D eigenvalue weighted by Gasteiger charge is 2.09. The summed E-state index contributed by atoms with van der Waals surface area (Å²) in [6, 6.07) is 9.28. The van der Waals surface area contributed by atoms with E-state index in [2.05, 4.69) is 4.98 Å². The van der Waals surface area contributed by atoms with Crippen molar-refractivity contribution >= 4 is 16.8 Å². The van der Waals surface area contributed by atoms with Crippen LogP contribution in [-0.2, 0) is 7.05 Å². The molecule has 0 amide bonds. The van der Waals surface area contributed by atoms with E-state index >= 15 is 0 Å². The molecule has 1 aromatic carbocycles. The number of aryl methyl sites for hydroxylation is 2. The van der Waals surface area contributed by atoms with Gasteiger partial charge < -0.3 is 4.57 Å². The summed E-state index contributed by atoms with van der Waals surface area (Å²) in [6.45, 7) is 1.90. The van der Waals surface area contributed by atoms with E-state index in [1.54, 1.807) is 10.5 Å². The molecule has 0 saturated carbocycles. The maximum atomic E-state index is 11.9. The lowest BCUT2D eigenvalue weighted by atomic mass is 10.3. The molecule has 0 atom stereocenters. The van der Waals surface area contributed by atoms with Gasteiger partial charge in [-0.15, -0.1) is 0 Å². The molecule has 0 aliphatic carbocycles. The molecule has 2 aromatic heterocycles. The molecule has 0 saturated heterocycles. The number of imidazole rings is 1. The summed E-state index contributed by atoms with van der Waals surface area (Å²) in [6.07, 6.45) is 0. The number of para-hydroxylation sites is 2. The Kier molecular flexibility index (Phi) is 1.68. The van der Waals surface area contributed by atoms with Crippen molar-refractivity contribution in [3.8, 4) is 0 Å². The van der Waals surface area contributed by atoms with Crippen LogP contribution in [0.4, 0.5) is 0 Å². The predicted molar refractivity (Wildman–Crippen MR) is 62.7 cm³/mol. The number of hydrogen-bond donors (Lipinski definition) is 0. The van der Waals surface area contributed by atoms with Gasteiger partial charge in [0.15, 0.2) is 0 Å². The summed E-state index contributed by atoms with van der Waals surface area (Å²) in [7, 11) is 1.91. The molecule has 4 nitrogen and oxygen atoms in total. The number of benzene rings is 1. The summed E-state index contributed by atoms with van der Waals surface area (Å²) < 4.78 is 3.56. The van der Waals surface area contributed by atoms with E-state index < -0.39 is 0 Å². The van der Waals surface area contributed by atoms with Crippen LogP contribution in [0, 0.1) is 6.92 Å². The quantitative estimate of drug-likeness (QED) is 0.567. The van der Waals surface area contributed by atoms with E-state index in [4.69, 9.17) is 0 Å². The molecule has 0 fully saturated rings. The Morgan fingerprint density at radius 1 is 1.25 bits per heavy atom. The van der Waals surface area contributed by atoms with Crippen molar-refractivity contribution in [3.63, 3.8) is 0 Å². The smallest absolute Gasteiger partial charge is 0.259 e. The molecule has 0 radical (unpaired) electrons. The third-order valence-electron chi connectivity index (χ3n) is 2.92. The minimum Gasteiger partial charge on any atom is -0.319 e. The topological polar surface area (TPSA) is 39.3 Å². The lowest BCUT2D eigenvalue weighted by molar-refractivity contribution is 0.834. The second-order valence-corrected chi connectivity index (χ2v) is 3.92. The average Bonchev–Trinajstić information content (AvgIpc) is 2.65. The second-order valence-electron chi connectivity index (χ2n) is 3.92. The fourth-order valence-electron chi connectivity index (χ4n) is 1.95. The highest BCUT2D eigenvalue weighted by atomic mass is 16.1. The number of hydrogen-bond acceptors (Lipinski definition) is 2. The zero-order valence-corrected chi connectivity index (χ0v) is 9.14. The minimum absolute atomic E-state index is 0.0284. The van der Waals surface area contributed by atoms with Gasteiger partial charge in [-0.2, -0.15) is 0 Å². The maximum Gasteiger partial charge on any atom is 0.259 e. The number of fused-ring (bicyclic) bond motifs is 3. The zero-order chi connectivity index (χ0) is 11.3. The lowest BCUT2D eigenvalue weighted by Crippen LogP contribution is -2.17. The molecule has 0 bridgehead atoms. The first-order chi connectivity index (χ1) is 7.68. The van der Waals surface area contributed by atoms with E-state index in [1.807, 2.05) is 42.8 Å². The van der Waals surface area contributed by atoms with Gasteiger partial charge >= 0.3 is 0 Å². The third-order valence-corrected chi connectivity index (χ3v) is 2.92. The van der Waals surface area contributed by atoms with Crippen molar-refractivity contribution in [1.82, 2.24) is 14.0 Å². The summed E-state index contributed by atoms with van der Waals surface area (Å²) in [5.74, 6) is 0.686. The highest BCUT2D eigenvalue weighted by Crippen LogP contribution is 2.14.